The van der Waals surface area contributed by atoms with Gasteiger partial charge in [0.15, 0.2) is 5.65 Å². The maximum atomic E-state index is 6.52. The van der Waals surface area contributed by atoms with E-state index in [0.29, 0.717) is 11.6 Å². The lowest BCUT2D eigenvalue weighted by Gasteiger charge is -2.20. The van der Waals surface area contributed by atoms with Gasteiger partial charge in [-0.25, -0.2) is 4.98 Å². The SMILES string of the molecule is Cc1nn2c(NCc3ccccn3)c3c(nc2c1-c1ccccc1Cl)CCCC3. The number of aryl methyl sites for hydroxylation is 2. The van der Waals surface area contributed by atoms with Crippen molar-refractivity contribution in [2.45, 2.75) is 39.2 Å². The normalized spacial score (nSPS) is 13.4. The summed E-state index contributed by atoms with van der Waals surface area (Å²) in [6, 6.07) is 13.9. The van der Waals surface area contributed by atoms with Gasteiger partial charge in [-0.3, -0.25) is 4.98 Å². The zero-order chi connectivity index (χ0) is 19.8. The van der Waals surface area contributed by atoms with Crippen molar-refractivity contribution in [2.75, 3.05) is 5.32 Å². The fourth-order valence-corrected chi connectivity index (χ4v) is 4.37. The molecule has 5 nitrogen and oxygen atoms in total. The van der Waals surface area contributed by atoms with Gasteiger partial charge >= 0.3 is 0 Å². The Hall–Kier alpha value is -2.92. The number of rotatable bonds is 4. The third kappa shape index (κ3) is 3.25. The van der Waals surface area contributed by atoms with Gasteiger partial charge in [0.1, 0.15) is 5.82 Å². The van der Waals surface area contributed by atoms with E-state index in [0.717, 1.165) is 46.8 Å². The average Bonchev–Trinajstić information content (AvgIpc) is 3.07. The number of hydrogen-bond acceptors (Lipinski definition) is 4. The third-order valence-electron chi connectivity index (χ3n) is 5.52. The van der Waals surface area contributed by atoms with Crippen LogP contribution in [0, 0.1) is 6.92 Å². The summed E-state index contributed by atoms with van der Waals surface area (Å²) in [6.07, 6.45) is 6.18. The van der Waals surface area contributed by atoms with Crippen LogP contribution in [0.3, 0.4) is 0 Å². The van der Waals surface area contributed by atoms with E-state index in [2.05, 4.69) is 10.3 Å². The predicted octanol–water partition coefficient (Wildman–Crippen LogP) is 5.24. The monoisotopic (exact) mass is 403 g/mol. The van der Waals surface area contributed by atoms with E-state index in [4.69, 9.17) is 21.7 Å². The molecule has 0 unspecified atom stereocenters. The highest BCUT2D eigenvalue weighted by Gasteiger charge is 2.23. The molecule has 4 aromatic rings. The summed E-state index contributed by atoms with van der Waals surface area (Å²) in [5, 5.41) is 9.18. The summed E-state index contributed by atoms with van der Waals surface area (Å²) < 4.78 is 1.96. The number of hydrogen-bond donors (Lipinski definition) is 1. The summed E-state index contributed by atoms with van der Waals surface area (Å²) >= 11 is 6.52. The van der Waals surface area contributed by atoms with E-state index < -0.39 is 0 Å². The van der Waals surface area contributed by atoms with Crippen LogP contribution < -0.4 is 5.32 Å². The van der Waals surface area contributed by atoms with Crippen LogP contribution in [0.25, 0.3) is 16.8 Å². The molecule has 0 saturated carbocycles. The van der Waals surface area contributed by atoms with Gasteiger partial charge in [-0.05, 0) is 50.8 Å². The number of benzene rings is 1. The van der Waals surface area contributed by atoms with E-state index in [1.807, 2.05) is 60.1 Å². The molecular formula is C23H22ClN5. The molecule has 0 aliphatic heterocycles. The molecule has 0 spiro atoms. The van der Waals surface area contributed by atoms with Gasteiger partial charge in [0.2, 0.25) is 0 Å². The molecule has 0 atom stereocenters. The highest BCUT2D eigenvalue weighted by Crippen LogP contribution is 2.36. The Morgan fingerprint density at radius 3 is 2.72 bits per heavy atom. The van der Waals surface area contributed by atoms with Gasteiger partial charge in [0, 0.05) is 28.0 Å². The first-order valence-electron chi connectivity index (χ1n) is 10.0. The number of fused-ring (bicyclic) bond motifs is 2. The molecule has 1 aliphatic rings. The van der Waals surface area contributed by atoms with Gasteiger partial charge in [-0.15, -0.1) is 0 Å². The van der Waals surface area contributed by atoms with E-state index in [1.165, 1.54) is 24.1 Å². The molecule has 3 heterocycles. The van der Waals surface area contributed by atoms with Crippen molar-refractivity contribution in [3.8, 4) is 11.1 Å². The second-order valence-corrected chi connectivity index (χ2v) is 7.85. The molecule has 3 aromatic heterocycles. The van der Waals surface area contributed by atoms with Crippen LogP contribution >= 0.6 is 11.6 Å². The maximum absolute atomic E-state index is 6.52. The minimum atomic E-state index is 0.646. The van der Waals surface area contributed by atoms with Crippen LogP contribution in [0.5, 0.6) is 0 Å². The predicted molar refractivity (Wildman–Crippen MR) is 116 cm³/mol. The summed E-state index contributed by atoms with van der Waals surface area (Å²) in [5.41, 5.74) is 7.20. The first kappa shape index (κ1) is 18.1. The smallest absolute Gasteiger partial charge is 0.165 e. The molecule has 1 N–H and O–H groups in total. The Kier molecular flexibility index (Phi) is 4.68. The quantitative estimate of drug-likeness (QED) is 0.506. The van der Waals surface area contributed by atoms with E-state index in [1.54, 1.807) is 0 Å². The van der Waals surface area contributed by atoms with Crippen molar-refractivity contribution in [2.24, 2.45) is 0 Å². The highest BCUT2D eigenvalue weighted by atomic mass is 35.5. The Morgan fingerprint density at radius 1 is 1.07 bits per heavy atom. The lowest BCUT2D eigenvalue weighted by molar-refractivity contribution is 0.661. The average molecular weight is 404 g/mol. The molecule has 1 aliphatic carbocycles. The van der Waals surface area contributed by atoms with E-state index >= 15 is 0 Å². The van der Waals surface area contributed by atoms with Crippen molar-refractivity contribution in [1.29, 1.82) is 0 Å². The largest absolute Gasteiger partial charge is 0.364 e. The summed E-state index contributed by atoms with van der Waals surface area (Å²) in [7, 11) is 0. The van der Waals surface area contributed by atoms with Crippen LogP contribution in [-0.2, 0) is 19.4 Å². The fraction of sp³-hybridized carbons (Fsp3) is 0.261. The number of nitrogens with one attached hydrogen (secondary N) is 1. The Balaban J connectivity index is 1.69. The lowest BCUT2D eigenvalue weighted by Crippen LogP contribution is -2.15. The van der Waals surface area contributed by atoms with Gasteiger partial charge in [0.25, 0.3) is 0 Å². The third-order valence-corrected chi connectivity index (χ3v) is 5.85. The molecule has 29 heavy (non-hydrogen) atoms. The van der Waals surface area contributed by atoms with E-state index in [-0.39, 0.29) is 0 Å². The van der Waals surface area contributed by atoms with Crippen LogP contribution in [0.15, 0.2) is 48.7 Å². The van der Waals surface area contributed by atoms with Gasteiger partial charge in [-0.1, -0.05) is 35.9 Å². The Bertz CT molecular complexity index is 1180. The number of anilines is 1. The minimum Gasteiger partial charge on any atom is -0.364 e. The zero-order valence-corrected chi connectivity index (χ0v) is 17.1. The van der Waals surface area contributed by atoms with Crippen molar-refractivity contribution in [3.63, 3.8) is 0 Å². The minimum absolute atomic E-state index is 0.646. The maximum Gasteiger partial charge on any atom is 0.165 e. The second kappa shape index (κ2) is 7.48. The van der Waals surface area contributed by atoms with Crippen molar-refractivity contribution in [1.82, 2.24) is 19.6 Å². The molecule has 0 fully saturated rings. The Labute approximate surface area is 174 Å². The topological polar surface area (TPSA) is 55.1 Å². The number of nitrogens with zero attached hydrogens (tertiary/aromatic N) is 4. The van der Waals surface area contributed by atoms with Crippen molar-refractivity contribution < 1.29 is 0 Å². The molecule has 0 amide bonds. The lowest BCUT2D eigenvalue weighted by atomic mass is 9.96. The zero-order valence-electron chi connectivity index (χ0n) is 16.3. The first-order chi connectivity index (χ1) is 14.2. The standard InChI is InChI=1S/C23H22ClN5/c1-15-21(17-9-2-4-11-19(17)24)23-27-20-12-5-3-10-18(20)22(29(23)28-15)26-14-16-8-6-7-13-25-16/h2,4,6-9,11,13,26H,3,5,10,12,14H2,1H3. The molecule has 5 rings (SSSR count). The summed E-state index contributed by atoms with van der Waals surface area (Å²) in [5.74, 6) is 1.02. The molecular weight excluding hydrogens is 382 g/mol. The first-order valence-corrected chi connectivity index (χ1v) is 10.4. The van der Waals surface area contributed by atoms with Crippen LogP contribution in [0.2, 0.25) is 5.02 Å². The molecule has 146 valence electrons. The molecule has 6 heteroatoms. The van der Waals surface area contributed by atoms with E-state index in [9.17, 15) is 0 Å². The van der Waals surface area contributed by atoms with Gasteiger partial charge < -0.3 is 5.32 Å². The summed E-state index contributed by atoms with van der Waals surface area (Å²) in [6.45, 7) is 2.67. The van der Waals surface area contributed by atoms with Crippen LogP contribution in [-0.4, -0.2) is 19.6 Å². The number of pyridine rings is 1. The molecule has 0 saturated heterocycles. The molecule has 1 aromatic carbocycles. The Morgan fingerprint density at radius 2 is 1.90 bits per heavy atom. The summed E-state index contributed by atoms with van der Waals surface area (Å²) in [4.78, 5) is 9.50. The number of aromatic nitrogens is 4. The van der Waals surface area contributed by atoms with Crippen LogP contribution in [0.1, 0.15) is 35.5 Å². The number of halogens is 1. The highest BCUT2D eigenvalue weighted by molar-refractivity contribution is 6.33. The van der Waals surface area contributed by atoms with Crippen LogP contribution in [0.4, 0.5) is 5.82 Å². The van der Waals surface area contributed by atoms with Crippen molar-refractivity contribution in [3.05, 3.63) is 76.3 Å². The fourth-order valence-electron chi connectivity index (χ4n) is 4.14. The molecule has 0 bridgehead atoms. The molecule has 0 radical (unpaired) electrons. The second-order valence-electron chi connectivity index (χ2n) is 7.44. The van der Waals surface area contributed by atoms with Gasteiger partial charge in [-0.2, -0.15) is 9.61 Å². The van der Waals surface area contributed by atoms with Gasteiger partial charge in [0.05, 0.1) is 23.5 Å². The van der Waals surface area contributed by atoms with Crippen molar-refractivity contribution >= 4 is 23.1 Å².